The third-order valence-electron chi connectivity index (χ3n) is 7.44. The predicted octanol–water partition coefficient (Wildman–Crippen LogP) is 5.56. The average Bonchev–Trinajstić information content (AvgIpc) is 3.41. The van der Waals surface area contributed by atoms with E-state index in [1.807, 2.05) is 42.1 Å². The standard InChI is InChI=1S/C28H26N2O2/c1-3-17-12-13-30-22-11-7-5-9-19(22)26(23(30)14-17)28-25(32)15-24(31)27(28)20-16-29(2)21-10-6-4-8-18(20)21/h4-11,16-17H,3,12-15H2,1-2H3. The molecule has 4 nitrogen and oxygen atoms in total. The van der Waals surface area contributed by atoms with Crippen LogP contribution in [0.15, 0.2) is 54.7 Å². The SMILES string of the molecule is CCC1CCn2c(c(C3=C(c4cn(C)c5ccccc45)C(=O)CC3=O)c3ccccc32)C1. The van der Waals surface area contributed by atoms with Gasteiger partial charge in [-0.15, -0.1) is 0 Å². The Balaban J connectivity index is 1.71. The lowest BCUT2D eigenvalue weighted by Crippen LogP contribution is -2.19. The maximum Gasteiger partial charge on any atom is 0.172 e. The van der Waals surface area contributed by atoms with E-state index >= 15 is 0 Å². The van der Waals surface area contributed by atoms with Crippen LogP contribution in [0.2, 0.25) is 0 Å². The molecule has 3 heterocycles. The molecule has 6 rings (SSSR count). The van der Waals surface area contributed by atoms with Crippen molar-refractivity contribution in [2.24, 2.45) is 13.0 Å². The maximum atomic E-state index is 13.4. The number of aromatic nitrogens is 2. The van der Waals surface area contributed by atoms with Gasteiger partial charge in [0.25, 0.3) is 0 Å². The minimum Gasteiger partial charge on any atom is -0.350 e. The van der Waals surface area contributed by atoms with E-state index in [4.69, 9.17) is 0 Å². The normalized spacial score (nSPS) is 18.9. The zero-order chi connectivity index (χ0) is 22.0. The van der Waals surface area contributed by atoms with Crippen LogP contribution in [0.1, 0.15) is 43.0 Å². The fourth-order valence-electron chi connectivity index (χ4n) is 5.83. The molecule has 4 heteroatoms. The summed E-state index contributed by atoms with van der Waals surface area (Å²) in [4.78, 5) is 26.7. The molecule has 0 saturated heterocycles. The Morgan fingerprint density at radius 2 is 1.59 bits per heavy atom. The van der Waals surface area contributed by atoms with Gasteiger partial charge in [-0.2, -0.15) is 0 Å². The first-order chi connectivity index (χ1) is 15.6. The van der Waals surface area contributed by atoms with Gasteiger partial charge in [0.1, 0.15) is 0 Å². The van der Waals surface area contributed by atoms with Crippen LogP contribution < -0.4 is 0 Å². The molecule has 0 N–H and O–H groups in total. The number of Topliss-reactive ketones (excluding diaryl/α,β-unsaturated/α-hetero) is 2. The van der Waals surface area contributed by atoms with Crippen molar-refractivity contribution >= 4 is 44.5 Å². The van der Waals surface area contributed by atoms with E-state index in [9.17, 15) is 9.59 Å². The van der Waals surface area contributed by atoms with E-state index in [0.717, 1.165) is 53.2 Å². The summed E-state index contributed by atoms with van der Waals surface area (Å²) in [6.45, 7) is 3.21. The van der Waals surface area contributed by atoms with E-state index < -0.39 is 0 Å². The molecule has 0 bridgehead atoms. The van der Waals surface area contributed by atoms with E-state index in [1.54, 1.807) is 0 Å². The quantitative estimate of drug-likeness (QED) is 0.406. The number of aryl methyl sites for hydroxylation is 2. The molecule has 4 aromatic rings. The number of fused-ring (bicyclic) bond motifs is 4. The molecule has 2 aromatic heterocycles. The Hall–Kier alpha value is -3.40. The van der Waals surface area contributed by atoms with Crippen molar-refractivity contribution in [3.63, 3.8) is 0 Å². The van der Waals surface area contributed by atoms with Crippen LogP contribution in [0, 0.1) is 5.92 Å². The Labute approximate surface area is 187 Å². The van der Waals surface area contributed by atoms with Gasteiger partial charge in [0, 0.05) is 69.6 Å². The number of ketones is 2. The zero-order valence-electron chi connectivity index (χ0n) is 18.5. The van der Waals surface area contributed by atoms with E-state index in [-0.39, 0.29) is 18.0 Å². The van der Waals surface area contributed by atoms with Crippen molar-refractivity contribution in [2.45, 2.75) is 39.2 Å². The zero-order valence-corrected chi connectivity index (χ0v) is 18.5. The van der Waals surface area contributed by atoms with Gasteiger partial charge in [0.15, 0.2) is 11.6 Å². The maximum absolute atomic E-state index is 13.4. The predicted molar refractivity (Wildman–Crippen MR) is 128 cm³/mol. The summed E-state index contributed by atoms with van der Waals surface area (Å²) in [7, 11) is 1.99. The van der Waals surface area contributed by atoms with Gasteiger partial charge in [0.2, 0.25) is 0 Å². The van der Waals surface area contributed by atoms with Crippen molar-refractivity contribution in [1.29, 1.82) is 0 Å². The fourth-order valence-corrected chi connectivity index (χ4v) is 5.83. The van der Waals surface area contributed by atoms with E-state index in [0.29, 0.717) is 17.1 Å². The number of carbonyl (C=O) groups is 2. The van der Waals surface area contributed by atoms with Crippen LogP contribution in [-0.4, -0.2) is 20.7 Å². The topological polar surface area (TPSA) is 44.0 Å². The van der Waals surface area contributed by atoms with E-state index in [2.05, 4.69) is 35.8 Å². The largest absolute Gasteiger partial charge is 0.350 e. The van der Waals surface area contributed by atoms with Crippen molar-refractivity contribution in [2.75, 3.05) is 0 Å². The summed E-state index contributed by atoms with van der Waals surface area (Å²) in [6, 6.07) is 16.5. The Morgan fingerprint density at radius 1 is 0.906 bits per heavy atom. The molecule has 1 aliphatic heterocycles. The molecule has 0 radical (unpaired) electrons. The van der Waals surface area contributed by atoms with Gasteiger partial charge in [-0.3, -0.25) is 9.59 Å². The average molecular weight is 423 g/mol. The number of rotatable bonds is 3. The van der Waals surface area contributed by atoms with E-state index in [1.165, 1.54) is 11.2 Å². The molecule has 1 atom stereocenters. The Bertz CT molecular complexity index is 1460. The first kappa shape index (κ1) is 19.3. The second-order valence-electron chi connectivity index (χ2n) is 9.20. The number of allylic oxidation sites excluding steroid dienone is 2. The molecule has 0 amide bonds. The van der Waals surface area contributed by atoms with Crippen molar-refractivity contribution in [1.82, 2.24) is 9.13 Å². The molecular weight excluding hydrogens is 396 g/mol. The van der Waals surface area contributed by atoms with Crippen molar-refractivity contribution in [3.8, 4) is 0 Å². The molecule has 0 saturated carbocycles. The van der Waals surface area contributed by atoms with Crippen LogP contribution >= 0.6 is 0 Å². The van der Waals surface area contributed by atoms with Crippen LogP contribution in [0.4, 0.5) is 0 Å². The monoisotopic (exact) mass is 422 g/mol. The number of para-hydroxylation sites is 2. The highest BCUT2D eigenvalue weighted by molar-refractivity contribution is 6.52. The minimum atomic E-state index is -0.0618. The van der Waals surface area contributed by atoms with Crippen LogP contribution in [0.25, 0.3) is 33.0 Å². The number of carbonyl (C=O) groups excluding carboxylic acids is 2. The lowest BCUT2D eigenvalue weighted by Gasteiger charge is -2.25. The summed E-state index contributed by atoms with van der Waals surface area (Å²) < 4.78 is 4.44. The van der Waals surface area contributed by atoms with Gasteiger partial charge in [-0.1, -0.05) is 49.7 Å². The second-order valence-corrected chi connectivity index (χ2v) is 9.20. The molecule has 2 aromatic carbocycles. The van der Waals surface area contributed by atoms with Gasteiger partial charge < -0.3 is 9.13 Å². The molecule has 0 spiro atoms. The lowest BCUT2D eigenvalue weighted by atomic mass is 9.88. The molecule has 32 heavy (non-hydrogen) atoms. The van der Waals surface area contributed by atoms with Crippen LogP contribution in [-0.2, 0) is 29.6 Å². The highest BCUT2D eigenvalue weighted by Gasteiger charge is 2.37. The number of hydrogen-bond donors (Lipinski definition) is 0. The molecule has 1 unspecified atom stereocenters. The van der Waals surface area contributed by atoms with Gasteiger partial charge in [-0.05, 0) is 30.9 Å². The number of hydrogen-bond acceptors (Lipinski definition) is 2. The van der Waals surface area contributed by atoms with Gasteiger partial charge in [0.05, 0.1) is 6.42 Å². The third-order valence-corrected chi connectivity index (χ3v) is 7.44. The lowest BCUT2D eigenvalue weighted by molar-refractivity contribution is -0.119. The van der Waals surface area contributed by atoms with Gasteiger partial charge >= 0.3 is 0 Å². The van der Waals surface area contributed by atoms with Crippen molar-refractivity contribution in [3.05, 3.63) is 71.5 Å². The molecule has 160 valence electrons. The summed E-state index contributed by atoms with van der Waals surface area (Å²) in [5.41, 5.74) is 6.57. The first-order valence-electron chi connectivity index (χ1n) is 11.5. The summed E-state index contributed by atoms with van der Waals surface area (Å²) in [5.74, 6) is 0.503. The highest BCUT2D eigenvalue weighted by atomic mass is 16.2. The molecule has 2 aliphatic rings. The second kappa shape index (κ2) is 7.06. The van der Waals surface area contributed by atoms with Crippen LogP contribution in [0.5, 0.6) is 0 Å². The molecule has 0 fully saturated rings. The van der Waals surface area contributed by atoms with Gasteiger partial charge in [-0.25, -0.2) is 0 Å². The Kier molecular flexibility index (Phi) is 4.26. The molecular formula is C28H26N2O2. The minimum absolute atomic E-state index is 0.0377. The highest BCUT2D eigenvalue weighted by Crippen LogP contribution is 2.44. The number of benzene rings is 2. The van der Waals surface area contributed by atoms with Crippen molar-refractivity contribution < 1.29 is 9.59 Å². The smallest absolute Gasteiger partial charge is 0.172 e. The fraction of sp³-hybridized carbons (Fsp3) is 0.286. The first-order valence-corrected chi connectivity index (χ1v) is 11.5. The summed E-state index contributed by atoms with van der Waals surface area (Å²) >= 11 is 0. The number of nitrogens with zero attached hydrogens (tertiary/aromatic N) is 2. The molecule has 1 aliphatic carbocycles. The Morgan fingerprint density at radius 3 is 2.38 bits per heavy atom. The third kappa shape index (κ3) is 2.62. The summed E-state index contributed by atoms with van der Waals surface area (Å²) in [5, 5.41) is 2.12. The van der Waals surface area contributed by atoms with Crippen LogP contribution in [0.3, 0.4) is 0 Å². The summed E-state index contributed by atoms with van der Waals surface area (Å²) in [6.07, 6.45) is 5.21.